The molecule has 144 valence electrons. The average Bonchev–Trinajstić information content (AvgIpc) is 3.14. The first-order chi connectivity index (χ1) is 12.2. The van der Waals surface area contributed by atoms with E-state index in [1.165, 1.54) is 5.56 Å². The van der Waals surface area contributed by atoms with Crippen LogP contribution in [0.5, 0.6) is 5.75 Å². The maximum atomic E-state index is 5.35. The van der Waals surface area contributed by atoms with Crippen molar-refractivity contribution in [1.29, 1.82) is 0 Å². The lowest BCUT2D eigenvalue weighted by Gasteiger charge is -2.13. The van der Waals surface area contributed by atoms with Gasteiger partial charge in [0.25, 0.3) is 0 Å². The van der Waals surface area contributed by atoms with E-state index in [0.29, 0.717) is 5.92 Å². The molecule has 6 heteroatoms. The van der Waals surface area contributed by atoms with Crippen LogP contribution in [0, 0.1) is 5.92 Å². The smallest absolute Gasteiger partial charge is 0.191 e. The van der Waals surface area contributed by atoms with Gasteiger partial charge in [-0.3, -0.25) is 4.99 Å². The molecular formula is C20H30IN3O2. The van der Waals surface area contributed by atoms with E-state index in [1.807, 2.05) is 24.3 Å². The number of rotatable bonds is 9. The predicted octanol–water partition coefficient (Wildman–Crippen LogP) is 3.88. The van der Waals surface area contributed by atoms with Crippen molar-refractivity contribution in [2.45, 2.75) is 26.7 Å². The minimum atomic E-state index is 0. The molecule has 0 radical (unpaired) electrons. The number of hydrogen-bond acceptors (Lipinski definition) is 3. The largest absolute Gasteiger partial charge is 0.497 e. The first-order valence-electron chi connectivity index (χ1n) is 8.88. The third-order valence-corrected chi connectivity index (χ3v) is 3.89. The Labute approximate surface area is 173 Å². The maximum absolute atomic E-state index is 5.35. The normalized spacial score (nSPS) is 12.2. The Morgan fingerprint density at radius 3 is 2.58 bits per heavy atom. The topological polar surface area (TPSA) is 58.8 Å². The van der Waals surface area contributed by atoms with Gasteiger partial charge in [-0.2, -0.15) is 0 Å². The third kappa shape index (κ3) is 8.12. The lowest BCUT2D eigenvalue weighted by molar-refractivity contribution is 0.414. The second-order valence-electron chi connectivity index (χ2n) is 6.13. The first kappa shape index (κ1) is 22.3. The Morgan fingerprint density at radius 1 is 1.19 bits per heavy atom. The van der Waals surface area contributed by atoms with Gasteiger partial charge in [-0.15, -0.1) is 24.0 Å². The van der Waals surface area contributed by atoms with Gasteiger partial charge < -0.3 is 19.8 Å². The Morgan fingerprint density at radius 2 is 1.96 bits per heavy atom. The van der Waals surface area contributed by atoms with E-state index < -0.39 is 0 Å². The molecule has 0 aliphatic carbocycles. The molecule has 0 fully saturated rings. The van der Waals surface area contributed by atoms with Crippen molar-refractivity contribution < 1.29 is 9.15 Å². The molecule has 1 unspecified atom stereocenters. The quantitative estimate of drug-likeness (QED) is 0.331. The molecule has 2 aromatic rings. The van der Waals surface area contributed by atoms with Gasteiger partial charge in [-0.25, -0.2) is 0 Å². The van der Waals surface area contributed by atoms with Crippen molar-refractivity contribution in [1.82, 2.24) is 10.6 Å². The number of methoxy groups -OCH3 is 1. The Bertz CT molecular complexity index is 627. The summed E-state index contributed by atoms with van der Waals surface area (Å²) in [5.74, 6) is 3.20. The van der Waals surface area contributed by atoms with E-state index >= 15 is 0 Å². The fourth-order valence-corrected chi connectivity index (χ4v) is 2.58. The van der Waals surface area contributed by atoms with Crippen molar-refractivity contribution in [2.24, 2.45) is 10.9 Å². The predicted molar refractivity (Wildman–Crippen MR) is 118 cm³/mol. The van der Waals surface area contributed by atoms with Crippen LogP contribution in [0.25, 0.3) is 0 Å². The molecule has 0 aliphatic heterocycles. The van der Waals surface area contributed by atoms with Gasteiger partial charge in [0, 0.05) is 26.1 Å². The standard InChI is InChI=1S/C20H29N3O2.HI/c1-4-21-20(22-12-11-19-6-5-13-25-19)23-15-16(2)14-17-7-9-18(24-3)10-8-17;/h5-10,13,16H,4,11-12,14-15H2,1-3H3,(H2,21,22,23);1H. The van der Waals surface area contributed by atoms with Crippen LogP contribution in [0.3, 0.4) is 0 Å². The molecule has 1 atom stereocenters. The highest BCUT2D eigenvalue weighted by Gasteiger charge is 2.05. The number of nitrogens with zero attached hydrogens (tertiary/aromatic N) is 1. The van der Waals surface area contributed by atoms with E-state index in [4.69, 9.17) is 14.1 Å². The van der Waals surface area contributed by atoms with Gasteiger partial charge in [0.05, 0.1) is 13.4 Å². The van der Waals surface area contributed by atoms with Gasteiger partial charge in [-0.1, -0.05) is 19.1 Å². The van der Waals surface area contributed by atoms with E-state index in [-0.39, 0.29) is 24.0 Å². The first-order valence-corrected chi connectivity index (χ1v) is 8.88. The molecule has 0 saturated carbocycles. The zero-order chi connectivity index (χ0) is 17.9. The van der Waals surface area contributed by atoms with Crippen molar-refractivity contribution in [3.8, 4) is 5.75 Å². The Kier molecular flexibility index (Phi) is 10.8. The van der Waals surface area contributed by atoms with Crippen molar-refractivity contribution >= 4 is 29.9 Å². The summed E-state index contributed by atoms with van der Waals surface area (Å²) in [6, 6.07) is 12.1. The summed E-state index contributed by atoms with van der Waals surface area (Å²) in [4.78, 5) is 4.70. The summed E-state index contributed by atoms with van der Waals surface area (Å²) in [6.45, 7) is 6.72. The van der Waals surface area contributed by atoms with Crippen molar-refractivity contribution in [3.05, 3.63) is 54.0 Å². The fraction of sp³-hybridized carbons (Fsp3) is 0.450. The van der Waals surface area contributed by atoms with Gasteiger partial charge in [0.1, 0.15) is 11.5 Å². The Hall–Kier alpha value is -1.70. The summed E-state index contributed by atoms with van der Waals surface area (Å²) in [7, 11) is 1.69. The number of guanidine groups is 1. The molecule has 0 amide bonds. The van der Waals surface area contributed by atoms with Crippen molar-refractivity contribution in [3.63, 3.8) is 0 Å². The molecule has 5 nitrogen and oxygen atoms in total. The maximum Gasteiger partial charge on any atom is 0.191 e. The number of ether oxygens (including phenoxy) is 1. The third-order valence-electron chi connectivity index (χ3n) is 3.89. The SMILES string of the molecule is CCNC(=NCC(C)Cc1ccc(OC)cc1)NCCc1ccco1.I. The van der Waals surface area contributed by atoms with Crippen LogP contribution < -0.4 is 15.4 Å². The Balaban J connectivity index is 0.00000338. The molecule has 0 aliphatic rings. The minimum Gasteiger partial charge on any atom is -0.497 e. The highest BCUT2D eigenvalue weighted by atomic mass is 127. The number of hydrogen-bond donors (Lipinski definition) is 2. The van der Waals surface area contributed by atoms with Crippen LogP contribution in [-0.2, 0) is 12.8 Å². The minimum absolute atomic E-state index is 0. The van der Waals surface area contributed by atoms with Gasteiger partial charge in [0.15, 0.2) is 5.96 Å². The summed E-state index contributed by atoms with van der Waals surface area (Å²) >= 11 is 0. The molecule has 1 aromatic heterocycles. The zero-order valence-electron chi connectivity index (χ0n) is 15.8. The zero-order valence-corrected chi connectivity index (χ0v) is 18.2. The van der Waals surface area contributed by atoms with Gasteiger partial charge in [0.2, 0.25) is 0 Å². The van der Waals surface area contributed by atoms with Crippen LogP contribution in [0.4, 0.5) is 0 Å². The second-order valence-corrected chi connectivity index (χ2v) is 6.13. The number of nitrogens with one attached hydrogen (secondary N) is 2. The summed E-state index contributed by atoms with van der Waals surface area (Å²) in [6.07, 6.45) is 3.55. The number of benzene rings is 1. The highest BCUT2D eigenvalue weighted by Crippen LogP contribution is 2.14. The van der Waals surface area contributed by atoms with Crippen molar-refractivity contribution in [2.75, 3.05) is 26.7 Å². The molecule has 2 rings (SSSR count). The van der Waals surface area contributed by atoms with Crippen LogP contribution in [0.15, 0.2) is 52.1 Å². The molecular weight excluding hydrogens is 441 g/mol. The van der Waals surface area contributed by atoms with Gasteiger partial charge >= 0.3 is 0 Å². The lowest BCUT2D eigenvalue weighted by atomic mass is 10.0. The molecule has 0 saturated heterocycles. The summed E-state index contributed by atoms with van der Waals surface area (Å²) in [5, 5.41) is 6.64. The van der Waals surface area contributed by atoms with Gasteiger partial charge in [-0.05, 0) is 49.1 Å². The van der Waals surface area contributed by atoms with Crippen LogP contribution in [0.2, 0.25) is 0 Å². The molecule has 1 aromatic carbocycles. The summed E-state index contributed by atoms with van der Waals surface area (Å²) in [5.41, 5.74) is 1.30. The number of halogens is 1. The molecule has 1 heterocycles. The van der Waals surface area contributed by atoms with Crippen LogP contribution in [-0.4, -0.2) is 32.7 Å². The second kappa shape index (κ2) is 12.6. The fourth-order valence-electron chi connectivity index (χ4n) is 2.58. The monoisotopic (exact) mass is 471 g/mol. The van der Waals surface area contributed by atoms with E-state index in [9.17, 15) is 0 Å². The molecule has 26 heavy (non-hydrogen) atoms. The number of aliphatic imine (C=N–C) groups is 1. The van der Waals surface area contributed by atoms with E-state index in [1.54, 1.807) is 13.4 Å². The van der Waals surface area contributed by atoms with E-state index in [2.05, 4.69) is 36.6 Å². The van der Waals surface area contributed by atoms with E-state index in [0.717, 1.165) is 49.9 Å². The average molecular weight is 471 g/mol. The highest BCUT2D eigenvalue weighted by molar-refractivity contribution is 14.0. The lowest BCUT2D eigenvalue weighted by Crippen LogP contribution is -2.38. The number of furan rings is 1. The molecule has 2 N–H and O–H groups in total. The summed E-state index contributed by atoms with van der Waals surface area (Å²) < 4.78 is 10.5. The molecule has 0 spiro atoms. The van der Waals surface area contributed by atoms with Crippen LogP contribution in [0.1, 0.15) is 25.2 Å². The molecule has 0 bridgehead atoms. The van der Waals surface area contributed by atoms with Crippen LogP contribution >= 0.6 is 24.0 Å².